The van der Waals surface area contributed by atoms with Crippen LogP contribution in [0.3, 0.4) is 0 Å². The minimum Gasteiger partial charge on any atom is -0.372 e. The van der Waals surface area contributed by atoms with Crippen molar-refractivity contribution in [3.05, 3.63) is 23.7 Å². The molecule has 1 unspecified atom stereocenters. The Morgan fingerprint density at radius 1 is 1.37 bits per heavy atom. The summed E-state index contributed by atoms with van der Waals surface area (Å²) in [5.41, 5.74) is 0.175. The number of aromatic nitrogens is 4. The van der Waals surface area contributed by atoms with Gasteiger partial charge in [0, 0.05) is 25.4 Å². The van der Waals surface area contributed by atoms with E-state index < -0.39 is 17.2 Å². The van der Waals surface area contributed by atoms with Gasteiger partial charge in [-0.1, -0.05) is 0 Å². The topological polar surface area (TPSA) is 91.5 Å². The minimum absolute atomic E-state index is 0.0111. The molecular formula is C17H18F3N7. The SMILES string of the molecule is CNc1nc(Nc2cn([C@@H]3CC3(C)C#N)nc2C2CC2)ncc1C(F)(F)F. The number of hydrogen-bond donors (Lipinski definition) is 2. The van der Waals surface area contributed by atoms with Gasteiger partial charge in [-0.05, 0) is 26.2 Å². The summed E-state index contributed by atoms with van der Waals surface area (Å²) in [5, 5.41) is 19.3. The Hall–Kier alpha value is -2.83. The number of anilines is 3. The highest BCUT2D eigenvalue weighted by Crippen LogP contribution is 2.56. The monoisotopic (exact) mass is 377 g/mol. The average Bonchev–Trinajstić information content (AvgIpc) is 3.54. The second kappa shape index (κ2) is 5.84. The molecule has 2 N–H and O–H groups in total. The lowest BCUT2D eigenvalue weighted by molar-refractivity contribution is -0.137. The zero-order valence-corrected chi connectivity index (χ0v) is 14.8. The summed E-state index contributed by atoms with van der Waals surface area (Å²) in [5.74, 6) is 0.0892. The quantitative estimate of drug-likeness (QED) is 0.823. The van der Waals surface area contributed by atoms with Crippen LogP contribution in [0.2, 0.25) is 0 Å². The molecule has 2 saturated carbocycles. The number of hydrogen-bond acceptors (Lipinski definition) is 6. The molecule has 27 heavy (non-hydrogen) atoms. The maximum Gasteiger partial charge on any atom is 0.421 e. The van der Waals surface area contributed by atoms with Crippen molar-refractivity contribution >= 4 is 17.5 Å². The van der Waals surface area contributed by atoms with Gasteiger partial charge in [-0.3, -0.25) is 4.68 Å². The van der Waals surface area contributed by atoms with Crippen LogP contribution in [0.4, 0.5) is 30.6 Å². The van der Waals surface area contributed by atoms with E-state index in [0.29, 0.717) is 11.6 Å². The fraction of sp³-hybridized carbons (Fsp3) is 0.529. The van der Waals surface area contributed by atoms with Crippen LogP contribution >= 0.6 is 0 Å². The van der Waals surface area contributed by atoms with Gasteiger partial charge in [0.1, 0.15) is 11.4 Å². The van der Waals surface area contributed by atoms with Crippen LogP contribution < -0.4 is 10.6 Å². The second-order valence-corrected chi connectivity index (χ2v) is 7.26. The van der Waals surface area contributed by atoms with E-state index in [4.69, 9.17) is 0 Å². The third-order valence-electron chi connectivity index (χ3n) is 5.07. The highest BCUT2D eigenvalue weighted by molar-refractivity contribution is 5.59. The summed E-state index contributed by atoms with van der Waals surface area (Å²) in [6.45, 7) is 1.89. The fourth-order valence-corrected chi connectivity index (χ4v) is 3.13. The summed E-state index contributed by atoms with van der Waals surface area (Å²) in [4.78, 5) is 7.76. The average molecular weight is 377 g/mol. The van der Waals surface area contributed by atoms with Gasteiger partial charge in [0.15, 0.2) is 0 Å². The van der Waals surface area contributed by atoms with Crippen LogP contribution in [0.25, 0.3) is 0 Å². The van der Waals surface area contributed by atoms with Crippen LogP contribution in [0, 0.1) is 16.7 Å². The molecular weight excluding hydrogens is 359 g/mol. The van der Waals surface area contributed by atoms with Crippen LogP contribution in [0.15, 0.2) is 12.4 Å². The lowest BCUT2D eigenvalue weighted by Crippen LogP contribution is -2.12. The molecule has 0 spiro atoms. The first-order valence-electron chi connectivity index (χ1n) is 8.64. The van der Waals surface area contributed by atoms with E-state index in [1.165, 1.54) is 7.05 Å². The molecule has 2 aliphatic carbocycles. The Labute approximate surface area is 153 Å². The van der Waals surface area contributed by atoms with Gasteiger partial charge in [0.05, 0.1) is 28.9 Å². The summed E-state index contributed by atoms with van der Waals surface area (Å²) in [7, 11) is 1.38. The molecule has 2 aromatic heterocycles. The Bertz CT molecular complexity index is 926. The fourth-order valence-electron chi connectivity index (χ4n) is 3.13. The maximum absolute atomic E-state index is 13.0. The molecule has 0 bridgehead atoms. The first-order valence-corrected chi connectivity index (χ1v) is 8.64. The number of rotatable bonds is 5. The molecule has 2 atom stereocenters. The molecule has 2 aromatic rings. The summed E-state index contributed by atoms with van der Waals surface area (Å²) < 4.78 is 40.8. The number of nitriles is 1. The molecule has 10 heteroatoms. The van der Waals surface area contributed by atoms with Crippen molar-refractivity contribution in [2.45, 2.75) is 44.3 Å². The van der Waals surface area contributed by atoms with E-state index >= 15 is 0 Å². The van der Waals surface area contributed by atoms with Crippen LogP contribution in [0.5, 0.6) is 0 Å². The van der Waals surface area contributed by atoms with Crippen molar-refractivity contribution < 1.29 is 13.2 Å². The van der Waals surface area contributed by atoms with Gasteiger partial charge < -0.3 is 10.6 Å². The van der Waals surface area contributed by atoms with Crippen LogP contribution in [-0.4, -0.2) is 26.8 Å². The van der Waals surface area contributed by atoms with Crippen LogP contribution in [-0.2, 0) is 6.18 Å². The highest BCUT2D eigenvalue weighted by atomic mass is 19.4. The van der Waals surface area contributed by atoms with Crippen molar-refractivity contribution in [1.82, 2.24) is 19.7 Å². The third-order valence-corrected chi connectivity index (χ3v) is 5.07. The summed E-state index contributed by atoms with van der Waals surface area (Å²) in [6, 6.07) is 2.31. The molecule has 0 amide bonds. The Balaban J connectivity index is 1.63. The summed E-state index contributed by atoms with van der Waals surface area (Å²) in [6.07, 6.45) is 0.782. The smallest absolute Gasteiger partial charge is 0.372 e. The second-order valence-electron chi connectivity index (χ2n) is 7.26. The van der Waals surface area contributed by atoms with E-state index in [-0.39, 0.29) is 17.8 Å². The molecule has 142 valence electrons. The van der Waals surface area contributed by atoms with E-state index in [1.807, 2.05) is 6.92 Å². The molecule has 2 heterocycles. The first kappa shape index (κ1) is 17.6. The van der Waals surface area contributed by atoms with Gasteiger partial charge in [0.25, 0.3) is 0 Å². The molecule has 2 aliphatic rings. The Morgan fingerprint density at radius 3 is 2.67 bits per heavy atom. The normalized spacial score (nSPS) is 24.4. The zero-order valence-electron chi connectivity index (χ0n) is 14.8. The molecule has 0 aromatic carbocycles. The lowest BCUT2D eigenvalue weighted by Gasteiger charge is -2.12. The predicted molar refractivity (Wildman–Crippen MR) is 91.4 cm³/mol. The number of halogens is 3. The maximum atomic E-state index is 13.0. The van der Waals surface area contributed by atoms with Crippen molar-refractivity contribution in [2.75, 3.05) is 17.7 Å². The zero-order chi connectivity index (χ0) is 19.4. The largest absolute Gasteiger partial charge is 0.421 e. The van der Waals surface area contributed by atoms with Gasteiger partial charge >= 0.3 is 6.18 Å². The van der Waals surface area contributed by atoms with Crippen molar-refractivity contribution in [1.29, 1.82) is 5.26 Å². The molecule has 0 radical (unpaired) electrons. The predicted octanol–water partition coefficient (Wildman–Crippen LogP) is 3.83. The Kier molecular flexibility index (Phi) is 3.80. The molecule has 0 saturated heterocycles. The number of alkyl halides is 3. The summed E-state index contributed by atoms with van der Waals surface area (Å²) >= 11 is 0. The highest BCUT2D eigenvalue weighted by Gasteiger charge is 2.53. The molecule has 2 fully saturated rings. The lowest BCUT2D eigenvalue weighted by atomic mass is 10.2. The van der Waals surface area contributed by atoms with Gasteiger partial charge in [-0.25, -0.2) is 4.98 Å². The van der Waals surface area contributed by atoms with Gasteiger partial charge in [-0.15, -0.1) is 0 Å². The number of nitrogens with one attached hydrogen (secondary N) is 2. The van der Waals surface area contributed by atoms with Crippen molar-refractivity contribution in [3.63, 3.8) is 0 Å². The van der Waals surface area contributed by atoms with E-state index in [0.717, 1.165) is 31.2 Å². The molecule has 0 aliphatic heterocycles. The van der Waals surface area contributed by atoms with E-state index in [9.17, 15) is 18.4 Å². The van der Waals surface area contributed by atoms with Gasteiger partial charge in [0.2, 0.25) is 5.95 Å². The standard InChI is InChI=1S/C17H18F3N7/c1-16(8-21)5-12(16)27-7-11(13(26-27)9-3-4-9)24-15-23-6-10(17(18,19)20)14(22-2)25-15/h6-7,9,12H,3-5H2,1-2H3,(H2,22,23,24,25)/t12-,16?/m1/s1. The van der Waals surface area contributed by atoms with E-state index in [2.05, 4.69) is 31.8 Å². The minimum atomic E-state index is -4.53. The van der Waals surface area contributed by atoms with Crippen molar-refractivity contribution in [3.8, 4) is 6.07 Å². The Morgan fingerprint density at radius 2 is 2.11 bits per heavy atom. The van der Waals surface area contributed by atoms with Gasteiger partial charge in [-0.2, -0.15) is 28.5 Å². The first-order chi connectivity index (χ1) is 12.7. The molecule has 7 nitrogen and oxygen atoms in total. The number of nitrogens with zero attached hydrogens (tertiary/aromatic N) is 5. The molecule has 4 rings (SSSR count). The van der Waals surface area contributed by atoms with Crippen LogP contribution in [0.1, 0.15) is 49.4 Å². The van der Waals surface area contributed by atoms with Crippen molar-refractivity contribution in [2.24, 2.45) is 5.41 Å². The third kappa shape index (κ3) is 3.18. The van der Waals surface area contributed by atoms with E-state index in [1.54, 1.807) is 10.9 Å².